The highest BCUT2D eigenvalue weighted by Gasteiger charge is 2.07. The average molecular weight is 233 g/mol. The van der Waals surface area contributed by atoms with Crippen molar-refractivity contribution in [3.8, 4) is 0 Å². The molecule has 2 aromatic rings. The summed E-state index contributed by atoms with van der Waals surface area (Å²) in [5, 5.41) is 0.837. The number of pyridine rings is 1. The van der Waals surface area contributed by atoms with Gasteiger partial charge in [0.05, 0.1) is 5.52 Å². The second-order valence-corrected chi connectivity index (χ2v) is 4.17. The van der Waals surface area contributed by atoms with Crippen molar-refractivity contribution in [3.63, 3.8) is 0 Å². The molecule has 1 aromatic carbocycles. The van der Waals surface area contributed by atoms with Crippen molar-refractivity contribution in [2.24, 2.45) is 5.73 Å². The minimum atomic E-state index is -0.221. The fraction of sp³-hybridized carbons (Fsp3) is 0.308. The van der Waals surface area contributed by atoms with Crippen molar-refractivity contribution in [1.29, 1.82) is 0 Å². The van der Waals surface area contributed by atoms with E-state index in [-0.39, 0.29) is 5.82 Å². The van der Waals surface area contributed by atoms with Gasteiger partial charge in [-0.3, -0.25) is 4.98 Å². The van der Waals surface area contributed by atoms with Gasteiger partial charge in [0.25, 0.3) is 0 Å². The molecule has 0 radical (unpaired) electrons. The maximum Gasteiger partial charge on any atom is 0.124 e. The Morgan fingerprint density at radius 3 is 3.00 bits per heavy atom. The summed E-state index contributed by atoms with van der Waals surface area (Å²) in [6, 6.07) is 6.74. The summed E-state index contributed by atoms with van der Waals surface area (Å²) in [6.07, 6.45) is 1.73. The number of aromatic nitrogens is 1. The molecule has 2 N–H and O–H groups in total. The molecular formula is C13H16FN3. The number of rotatable bonds is 4. The van der Waals surface area contributed by atoms with Gasteiger partial charge >= 0.3 is 0 Å². The predicted octanol–water partition coefficient (Wildman–Crippen LogP) is 1.76. The number of benzene rings is 1. The van der Waals surface area contributed by atoms with E-state index in [0.717, 1.165) is 23.0 Å². The Balaban J connectivity index is 2.38. The smallest absolute Gasteiger partial charge is 0.124 e. The Bertz CT molecular complexity index is 513. The minimum absolute atomic E-state index is 0.221. The van der Waals surface area contributed by atoms with E-state index >= 15 is 0 Å². The third kappa shape index (κ3) is 2.78. The minimum Gasteiger partial charge on any atom is -0.329 e. The lowest BCUT2D eigenvalue weighted by molar-refractivity contribution is 0.337. The fourth-order valence-corrected chi connectivity index (χ4v) is 1.94. The molecule has 2 rings (SSSR count). The molecule has 0 amide bonds. The number of likely N-dealkylation sites (N-methyl/N-ethyl adjacent to an activating group) is 1. The lowest BCUT2D eigenvalue weighted by Gasteiger charge is -2.16. The van der Waals surface area contributed by atoms with Crippen LogP contribution in [0.25, 0.3) is 10.9 Å². The van der Waals surface area contributed by atoms with Gasteiger partial charge in [-0.25, -0.2) is 4.39 Å². The summed E-state index contributed by atoms with van der Waals surface area (Å²) >= 11 is 0. The Morgan fingerprint density at radius 1 is 1.41 bits per heavy atom. The van der Waals surface area contributed by atoms with Crippen molar-refractivity contribution in [2.45, 2.75) is 6.54 Å². The van der Waals surface area contributed by atoms with Gasteiger partial charge in [-0.15, -0.1) is 0 Å². The van der Waals surface area contributed by atoms with Gasteiger partial charge in [0.2, 0.25) is 0 Å². The Morgan fingerprint density at radius 2 is 2.24 bits per heavy atom. The Labute approximate surface area is 100 Å². The molecular weight excluding hydrogens is 217 g/mol. The summed E-state index contributed by atoms with van der Waals surface area (Å²) in [5.41, 5.74) is 7.25. The van der Waals surface area contributed by atoms with Crippen LogP contribution in [-0.2, 0) is 6.54 Å². The lowest BCUT2D eigenvalue weighted by Crippen LogP contribution is -2.25. The summed E-state index contributed by atoms with van der Waals surface area (Å²) in [4.78, 5) is 6.37. The molecule has 0 saturated heterocycles. The second kappa shape index (κ2) is 5.21. The van der Waals surface area contributed by atoms with Gasteiger partial charge < -0.3 is 10.6 Å². The summed E-state index contributed by atoms with van der Waals surface area (Å²) in [5.74, 6) is -0.221. The molecule has 0 spiro atoms. The van der Waals surface area contributed by atoms with Crippen molar-refractivity contribution >= 4 is 10.9 Å². The number of nitrogens with zero attached hydrogens (tertiary/aromatic N) is 2. The van der Waals surface area contributed by atoms with Crippen LogP contribution in [0.1, 0.15) is 5.56 Å². The monoisotopic (exact) mass is 233 g/mol. The molecule has 4 heteroatoms. The first kappa shape index (κ1) is 12.0. The molecule has 1 aromatic heterocycles. The van der Waals surface area contributed by atoms with Gasteiger partial charge in [0, 0.05) is 31.2 Å². The second-order valence-electron chi connectivity index (χ2n) is 4.17. The van der Waals surface area contributed by atoms with E-state index in [9.17, 15) is 4.39 Å². The van der Waals surface area contributed by atoms with Gasteiger partial charge in [0.15, 0.2) is 0 Å². The van der Waals surface area contributed by atoms with Crippen LogP contribution < -0.4 is 5.73 Å². The standard InChI is InChI=1S/C13H16FN3/c1-17(6-4-15)9-11-8-12(14)7-10-3-2-5-16-13(10)11/h2-3,5,7-8H,4,6,9,15H2,1H3. The van der Waals surface area contributed by atoms with Crippen LogP contribution in [-0.4, -0.2) is 30.0 Å². The van der Waals surface area contributed by atoms with Crippen LogP contribution in [0, 0.1) is 5.82 Å². The van der Waals surface area contributed by atoms with Gasteiger partial charge in [0.1, 0.15) is 5.82 Å². The molecule has 17 heavy (non-hydrogen) atoms. The highest BCUT2D eigenvalue weighted by atomic mass is 19.1. The highest BCUT2D eigenvalue weighted by molar-refractivity contribution is 5.81. The van der Waals surface area contributed by atoms with E-state index in [1.807, 2.05) is 19.2 Å². The van der Waals surface area contributed by atoms with E-state index < -0.39 is 0 Å². The summed E-state index contributed by atoms with van der Waals surface area (Å²) in [7, 11) is 1.96. The number of nitrogens with two attached hydrogens (primary N) is 1. The maximum absolute atomic E-state index is 13.5. The lowest BCUT2D eigenvalue weighted by atomic mass is 10.1. The number of hydrogen-bond acceptors (Lipinski definition) is 3. The topological polar surface area (TPSA) is 42.1 Å². The van der Waals surface area contributed by atoms with Crippen molar-refractivity contribution < 1.29 is 4.39 Å². The van der Waals surface area contributed by atoms with Crippen LogP contribution in [0.15, 0.2) is 30.5 Å². The van der Waals surface area contributed by atoms with Crippen LogP contribution in [0.3, 0.4) is 0 Å². The van der Waals surface area contributed by atoms with E-state index in [0.29, 0.717) is 13.1 Å². The average Bonchev–Trinajstić information content (AvgIpc) is 2.29. The fourth-order valence-electron chi connectivity index (χ4n) is 1.94. The first-order valence-corrected chi connectivity index (χ1v) is 5.62. The molecule has 0 aliphatic heterocycles. The van der Waals surface area contributed by atoms with E-state index in [1.165, 1.54) is 6.07 Å². The first-order chi connectivity index (χ1) is 8.20. The van der Waals surface area contributed by atoms with Crippen molar-refractivity contribution in [1.82, 2.24) is 9.88 Å². The van der Waals surface area contributed by atoms with Crippen LogP contribution in [0.5, 0.6) is 0 Å². The van der Waals surface area contributed by atoms with Crippen molar-refractivity contribution in [3.05, 3.63) is 41.8 Å². The zero-order valence-electron chi connectivity index (χ0n) is 9.86. The molecule has 0 atom stereocenters. The quantitative estimate of drug-likeness (QED) is 0.875. The zero-order chi connectivity index (χ0) is 12.3. The van der Waals surface area contributed by atoms with Gasteiger partial charge in [-0.1, -0.05) is 6.07 Å². The molecule has 0 aliphatic carbocycles. The third-order valence-electron chi connectivity index (χ3n) is 2.70. The van der Waals surface area contributed by atoms with E-state index in [2.05, 4.69) is 9.88 Å². The number of halogens is 1. The van der Waals surface area contributed by atoms with Crippen LogP contribution in [0.2, 0.25) is 0 Å². The molecule has 0 saturated carbocycles. The zero-order valence-corrected chi connectivity index (χ0v) is 9.86. The van der Waals surface area contributed by atoms with Crippen LogP contribution >= 0.6 is 0 Å². The Kier molecular flexibility index (Phi) is 3.66. The number of hydrogen-bond donors (Lipinski definition) is 1. The number of fused-ring (bicyclic) bond motifs is 1. The maximum atomic E-state index is 13.5. The highest BCUT2D eigenvalue weighted by Crippen LogP contribution is 2.19. The van der Waals surface area contributed by atoms with Gasteiger partial charge in [-0.2, -0.15) is 0 Å². The molecule has 0 bridgehead atoms. The SMILES string of the molecule is CN(CCN)Cc1cc(F)cc2cccnc12. The third-order valence-corrected chi connectivity index (χ3v) is 2.70. The predicted molar refractivity (Wildman–Crippen MR) is 67.1 cm³/mol. The molecule has 0 aliphatic rings. The van der Waals surface area contributed by atoms with E-state index in [4.69, 9.17) is 5.73 Å². The normalized spacial score (nSPS) is 11.3. The molecule has 0 fully saturated rings. The Hall–Kier alpha value is -1.52. The summed E-state index contributed by atoms with van der Waals surface area (Å²) in [6.45, 7) is 2.03. The molecule has 0 unspecified atom stereocenters. The largest absolute Gasteiger partial charge is 0.329 e. The van der Waals surface area contributed by atoms with Crippen molar-refractivity contribution in [2.75, 3.05) is 20.1 Å². The molecule has 1 heterocycles. The van der Waals surface area contributed by atoms with Gasteiger partial charge in [-0.05, 0) is 30.8 Å². The summed E-state index contributed by atoms with van der Waals surface area (Å²) < 4.78 is 13.5. The first-order valence-electron chi connectivity index (χ1n) is 5.62. The van der Waals surface area contributed by atoms with Crippen LogP contribution in [0.4, 0.5) is 4.39 Å². The molecule has 3 nitrogen and oxygen atoms in total. The van der Waals surface area contributed by atoms with E-state index in [1.54, 1.807) is 12.3 Å². The molecule has 90 valence electrons.